The van der Waals surface area contributed by atoms with Crippen LogP contribution in [0.15, 0.2) is 12.4 Å². The molecule has 0 unspecified atom stereocenters. The number of aromatic nitrogens is 4. The zero-order valence-corrected chi connectivity index (χ0v) is 8.00. The largest absolute Gasteiger partial charge is 0.275 e. The molecule has 0 aliphatic heterocycles. The van der Waals surface area contributed by atoms with E-state index < -0.39 is 0 Å². The van der Waals surface area contributed by atoms with E-state index in [1.165, 1.54) is 0 Å². The van der Waals surface area contributed by atoms with E-state index in [0.29, 0.717) is 0 Å². The van der Waals surface area contributed by atoms with Gasteiger partial charge in [-0.3, -0.25) is 5.10 Å². The van der Waals surface area contributed by atoms with E-state index in [0.717, 1.165) is 16.9 Å². The first kappa shape index (κ1) is 8.16. The first-order chi connectivity index (χ1) is 6.07. The molecule has 0 spiro atoms. The summed E-state index contributed by atoms with van der Waals surface area (Å²) in [5, 5.41) is 6.72. The third-order valence-corrected chi connectivity index (χ3v) is 1.86. The molecule has 0 aliphatic carbocycles. The number of aromatic amines is 1. The van der Waals surface area contributed by atoms with Gasteiger partial charge in [0.25, 0.3) is 0 Å². The Morgan fingerprint density at radius 2 is 2.00 bits per heavy atom. The minimum atomic E-state index is -0.00847. The SMILES string of the molecule is CC(C)(C)c1ncc2[nH]ncc2n1. The van der Waals surface area contributed by atoms with Crippen LogP contribution in [-0.4, -0.2) is 20.2 Å². The Morgan fingerprint density at radius 3 is 2.69 bits per heavy atom. The van der Waals surface area contributed by atoms with Crippen molar-refractivity contribution in [1.29, 1.82) is 0 Å². The minimum Gasteiger partial charge on any atom is -0.275 e. The van der Waals surface area contributed by atoms with Gasteiger partial charge in [0, 0.05) is 5.41 Å². The Hall–Kier alpha value is -1.45. The lowest BCUT2D eigenvalue weighted by atomic mass is 9.96. The van der Waals surface area contributed by atoms with Gasteiger partial charge in [0.1, 0.15) is 16.9 Å². The molecule has 0 aromatic carbocycles. The third-order valence-electron chi connectivity index (χ3n) is 1.86. The van der Waals surface area contributed by atoms with Crippen molar-refractivity contribution in [1.82, 2.24) is 20.2 Å². The molecule has 2 rings (SSSR count). The molecule has 2 aromatic heterocycles. The zero-order chi connectivity index (χ0) is 9.47. The lowest BCUT2D eigenvalue weighted by Gasteiger charge is -2.15. The van der Waals surface area contributed by atoms with Crippen LogP contribution in [0.4, 0.5) is 0 Å². The summed E-state index contributed by atoms with van der Waals surface area (Å²) in [4.78, 5) is 8.67. The van der Waals surface area contributed by atoms with Gasteiger partial charge in [-0.2, -0.15) is 5.10 Å². The molecule has 1 N–H and O–H groups in total. The number of hydrogen-bond acceptors (Lipinski definition) is 3. The molecule has 0 saturated heterocycles. The van der Waals surface area contributed by atoms with Crippen LogP contribution in [0.25, 0.3) is 11.0 Å². The van der Waals surface area contributed by atoms with Crippen LogP contribution >= 0.6 is 0 Å². The first-order valence-electron chi connectivity index (χ1n) is 4.24. The van der Waals surface area contributed by atoms with Crippen LogP contribution in [0.3, 0.4) is 0 Å². The average molecular weight is 176 g/mol. The van der Waals surface area contributed by atoms with Crippen LogP contribution in [0.5, 0.6) is 0 Å². The van der Waals surface area contributed by atoms with E-state index in [4.69, 9.17) is 0 Å². The number of hydrogen-bond donors (Lipinski definition) is 1. The second-order valence-electron chi connectivity index (χ2n) is 4.11. The maximum atomic E-state index is 4.40. The van der Waals surface area contributed by atoms with E-state index in [9.17, 15) is 0 Å². The van der Waals surface area contributed by atoms with Gasteiger partial charge in [-0.15, -0.1) is 0 Å². The summed E-state index contributed by atoms with van der Waals surface area (Å²) in [5.41, 5.74) is 1.75. The number of nitrogens with zero attached hydrogens (tertiary/aromatic N) is 3. The molecular weight excluding hydrogens is 164 g/mol. The van der Waals surface area contributed by atoms with Gasteiger partial charge in [0.2, 0.25) is 0 Å². The van der Waals surface area contributed by atoms with Gasteiger partial charge in [0.15, 0.2) is 0 Å². The zero-order valence-electron chi connectivity index (χ0n) is 8.00. The van der Waals surface area contributed by atoms with Crippen LogP contribution in [0, 0.1) is 0 Å². The summed E-state index contributed by atoms with van der Waals surface area (Å²) in [6.07, 6.45) is 3.49. The molecule has 4 heteroatoms. The second-order valence-corrected chi connectivity index (χ2v) is 4.11. The molecule has 68 valence electrons. The molecule has 4 nitrogen and oxygen atoms in total. The Balaban J connectivity index is 2.61. The van der Waals surface area contributed by atoms with Crippen LogP contribution < -0.4 is 0 Å². The molecule has 0 saturated carbocycles. The summed E-state index contributed by atoms with van der Waals surface area (Å²) >= 11 is 0. The van der Waals surface area contributed by atoms with E-state index >= 15 is 0 Å². The minimum absolute atomic E-state index is 0.00847. The van der Waals surface area contributed by atoms with Gasteiger partial charge in [-0.05, 0) is 0 Å². The molecule has 13 heavy (non-hydrogen) atoms. The third kappa shape index (κ3) is 1.39. The molecule has 2 heterocycles. The molecule has 0 amide bonds. The fraction of sp³-hybridized carbons (Fsp3) is 0.444. The Kier molecular flexibility index (Phi) is 1.58. The van der Waals surface area contributed by atoms with Gasteiger partial charge in [-0.1, -0.05) is 20.8 Å². The number of rotatable bonds is 0. The van der Waals surface area contributed by atoms with E-state index in [2.05, 4.69) is 40.9 Å². The highest BCUT2D eigenvalue weighted by atomic mass is 15.1. The van der Waals surface area contributed by atoms with Crippen molar-refractivity contribution in [3.63, 3.8) is 0 Å². The monoisotopic (exact) mass is 176 g/mol. The summed E-state index contributed by atoms with van der Waals surface area (Å²) in [5.74, 6) is 0.849. The first-order valence-corrected chi connectivity index (χ1v) is 4.24. The molecule has 0 aliphatic rings. The highest BCUT2D eigenvalue weighted by Crippen LogP contribution is 2.19. The second kappa shape index (κ2) is 2.52. The van der Waals surface area contributed by atoms with Crippen molar-refractivity contribution in [3.8, 4) is 0 Å². The van der Waals surface area contributed by atoms with E-state index in [1.807, 2.05) is 0 Å². The number of H-pyrrole nitrogens is 1. The van der Waals surface area contributed by atoms with Gasteiger partial charge >= 0.3 is 0 Å². The topological polar surface area (TPSA) is 54.5 Å². The lowest BCUT2D eigenvalue weighted by Crippen LogP contribution is -2.15. The quantitative estimate of drug-likeness (QED) is 0.664. The van der Waals surface area contributed by atoms with Crippen molar-refractivity contribution in [2.45, 2.75) is 26.2 Å². The van der Waals surface area contributed by atoms with Crippen LogP contribution in [0.1, 0.15) is 26.6 Å². The smallest absolute Gasteiger partial charge is 0.134 e. The molecule has 2 aromatic rings. The Morgan fingerprint density at radius 1 is 1.23 bits per heavy atom. The fourth-order valence-electron chi connectivity index (χ4n) is 1.10. The van der Waals surface area contributed by atoms with Crippen molar-refractivity contribution in [3.05, 3.63) is 18.2 Å². The average Bonchev–Trinajstić information content (AvgIpc) is 2.47. The van der Waals surface area contributed by atoms with Crippen molar-refractivity contribution in [2.24, 2.45) is 0 Å². The Bertz CT molecular complexity index is 424. The summed E-state index contributed by atoms with van der Waals surface area (Å²) in [6.45, 7) is 6.27. The molecule has 0 radical (unpaired) electrons. The molecule has 0 fully saturated rings. The predicted molar refractivity (Wildman–Crippen MR) is 50.4 cm³/mol. The highest BCUT2D eigenvalue weighted by Gasteiger charge is 2.17. The fourth-order valence-corrected chi connectivity index (χ4v) is 1.10. The van der Waals surface area contributed by atoms with Crippen molar-refractivity contribution in [2.75, 3.05) is 0 Å². The standard InChI is InChI=1S/C9H12N4/c1-9(2,3)8-10-4-7-6(12-8)5-11-13-7/h4-5H,1-3H3,(H,11,13). The van der Waals surface area contributed by atoms with E-state index in [1.54, 1.807) is 12.4 Å². The normalized spacial score (nSPS) is 12.2. The number of nitrogens with one attached hydrogen (secondary N) is 1. The molecule has 0 atom stereocenters. The number of fused-ring (bicyclic) bond motifs is 1. The summed E-state index contributed by atoms with van der Waals surface area (Å²) in [6, 6.07) is 0. The van der Waals surface area contributed by atoms with Gasteiger partial charge < -0.3 is 0 Å². The maximum absolute atomic E-state index is 4.40. The van der Waals surface area contributed by atoms with E-state index in [-0.39, 0.29) is 5.41 Å². The van der Waals surface area contributed by atoms with Crippen molar-refractivity contribution >= 4 is 11.0 Å². The van der Waals surface area contributed by atoms with Crippen LogP contribution in [-0.2, 0) is 5.41 Å². The predicted octanol–water partition coefficient (Wildman–Crippen LogP) is 1.65. The summed E-state index contributed by atoms with van der Waals surface area (Å²) < 4.78 is 0. The molecular formula is C9H12N4. The van der Waals surface area contributed by atoms with Gasteiger partial charge in [0.05, 0.1) is 12.4 Å². The van der Waals surface area contributed by atoms with Crippen molar-refractivity contribution < 1.29 is 0 Å². The van der Waals surface area contributed by atoms with Gasteiger partial charge in [-0.25, -0.2) is 9.97 Å². The lowest BCUT2D eigenvalue weighted by molar-refractivity contribution is 0.548. The molecule has 0 bridgehead atoms. The maximum Gasteiger partial charge on any atom is 0.134 e. The highest BCUT2D eigenvalue weighted by molar-refractivity contribution is 5.71. The Labute approximate surface area is 76.4 Å². The van der Waals surface area contributed by atoms with Crippen LogP contribution in [0.2, 0.25) is 0 Å². The summed E-state index contributed by atoms with van der Waals surface area (Å²) in [7, 11) is 0.